The van der Waals surface area contributed by atoms with Crippen LogP contribution >= 0.6 is 55.6 Å². The summed E-state index contributed by atoms with van der Waals surface area (Å²) in [5.74, 6) is 0. The molecule has 1 aromatic heterocycles. The first-order valence-corrected chi connectivity index (χ1v) is 6.18. The molecule has 0 aliphatic heterocycles. The van der Waals surface area contributed by atoms with E-state index in [0.29, 0.717) is 7.57 Å². The summed E-state index contributed by atoms with van der Waals surface area (Å²) in [5.41, 5.74) is 0. The van der Waals surface area contributed by atoms with Crippen LogP contribution in [0.5, 0.6) is 0 Å². The molecule has 0 aliphatic rings. The van der Waals surface area contributed by atoms with Crippen LogP contribution in [-0.4, -0.2) is 13.0 Å². The van der Waals surface area contributed by atoms with Crippen molar-refractivity contribution in [2.24, 2.45) is 0 Å². The average Bonchev–Trinajstić information content (AvgIpc) is 2.08. The third kappa shape index (κ3) is 2.97. The van der Waals surface area contributed by atoms with E-state index in [1.165, 1.54) is 17.4 Å². The van der Waals surface area contributed by atoms with Crippen molar-refractivity contribution in [3.63, 3.8) is 0 Å². The minimum absolute atomic E-state index is 0. The van der Waals surface area contributed by atoms with Crippen LogP contribution in [0.1, 0.15) is 0 Å². The Morgan fingerprint density at radius 2 is 1.92 bits per heavy atom. The number of hydrogen-bond donors (Lipinski definition) is 1. The third-order valence-electron chi connectivity index (χ3n) is 0.903. The van der Waals surface area contributed by atoms with Crippen LogP contribution in [-0.2, 0) is 10.1 Å². The summed E-state index contributed by atoms with van der Waals surface area (Å²) in [5, 5.41) is 0. The van der Waals surface area contributed by atoms with E-state index in [9.17, 15) is 8.42 Å². The maximum absolute atomic E-state index is 10.6. The molecule has 1 heterocycles. The van der Waals surface area contributed by atoms with Crippen LogP contribution < -0.4 is 0 Å². The molecule has 0 spiro atoms. The molecule has 70 valence electrons. The van der Waals surface area contributed by atoms with E-state index in [2.05, 4.69) is 31.9 Å². The van der Waals surface area contributed by atoms with Crippen LogP contribution in [0.2, 0.25) is 0 Å². The summed E-state index contributed by atoms with van der Waals surface area (Å²) in [6.45, 7) is 0. The Kier molecular flexibility index (Phi) is 4.70. The van der Waals surface area contributed by atoms with Crippen molar-refractivity contribution in [2.75, 3.05) is 0 Å². The highest BCUT2D eigenvalue weighted by atomic mass is 79.9. The first kappa shape index (κ1) is 12.9. The van der Waals surface area contributed by atoms with Gasteiger partial charge in [-0.3, -0.25) is 4.55 Å². The van der Waals surface area contributed by atoms with E-state index in [-0.39, 0.29) is 17.3 Å². The first-order chi connectivity index (χ1) is 4.91. The van der Waals surface area contributed by atoms with Crippen molar-refractivity contribution in [3.05, 3.63) is 13.6 Å². The van der Waals surface area contributed by atoms with Crippen LogP contribution in [0.25, 0.3) is 0 Å². The van der Waals surface area contributed by atoms with Crippen molar-refractivity contribution in [2.45, 2.75) is 4.90 Å². The van der Waals surface area contributed by atoms with Crippen LogP contribution in [0.3, 0.4) is 0 Å². The zero-order valence-electron chi connectivity index (χ0n) is 5.32. The molecule has 0 aromatic carbocycles. The van der Waals surface area contributed by atoms with Gasteiger partial charge < -0.3 is 0 Å². The van der Waals surface area contributed by atoms with Crippen LogP contribution in [0, 0.1) is 0 Å². The highest BCUT2D eigenvalue weighted by Gasteiger charge is 2.16. The Morgan fingerprint density at radius 3 is 2.08 bits per heavy atom. The lowest BCUT2D eigenvalue weighted by molar-refractivity contribution is 0.483. The van der Waals surface area contributed by atoms with Gasteiger partial charge in [0.1, 0.15) is 4.90 Å². The monoisotopic (exact) mass is 356 g/mol. The lowest BCUT2D eigenvalue weighted by atomic mass is 10.7. The second-order valence-corrected chi connectivity index (χ2v) is 6.80. The van der Waals surface area contributed by atoms with Gasteiger partial charge in [-0.05, 0) is 37.9 Å². The van der Waals surface area contributed by atoms with E-state index in [4.69, 9.17) is 4.55 Å². The molecule has 0 fully saturated rings. The van der Waals surface area contributed by atoms with Gasteiger partial charge in [0.15, 0.2) is 0 Å². The normalized spacial score (nSPS) is 10.9. The maximum atomic E-state index is 10.6. The molecule has 0 radical (unpaired) electrons. The van der Waals surface area contributed by atoms with Gasteiger partial charge in [-0.1, -0.05) is 0 Å². The smallest absolute Gasteiger partial charge is 0.282 e. The number of rotatable bonds is 1. The Bertz CT molecular complexity index is 372. The summed E-state index contributed by atoms with van der Waals surface area (Å²) in [6, 6.07) is 1.34. The van der Waals surface area contributed by atoms with Gasteiger partial charge in [0.25, 0.3) is 10.1 Å². The highest BCUT2D eigenvalue weighted by molar-refractivity contribution is 9.12. The molecule has 1 aromatic rings. The largest absolute Gasteiger partial charge is 0.296 e. The highest BCUT2D eigenvalue weighted by Crippen LogP contribution is 2.34. The topological polar surface area (TPSA) is 54.4 Å². The lowest BCUT2D eigenvalue weighted by Gasteiger charge is -1.89. The molecule has 3 nitrogen and oxygen atoms in total. The van der Waals surface area contributed by atoms with E-state index in [0.717, 1.165) is 0 Å². The van der Waals surface area contributed by atoms with Gasteiger partial charge in [-0.25, -0.2) is 0 Å². The zero-order chi connectivity index (χ0) is 8.65. The Balaban J connectivity index is 0.00000121. The molecular weight excluding hydrogens is 355 g/mol. The fourth-order valence-electron chi connectivity index (χ4n) is 0.501. The van der Waals surface area contributed by atoms with Crippen molar-refractivity contribution in [1.82, 2.24) is 0 Å². The number of thiophene rings is 1. The quantitative estimate of drug-likeness (QED) is 0.786. The van der Waals surface area contributed by atoms with Crippen molar-refractivity contribution in [3.8, 4) is 0 Å². The second-order valence-electron chi connectivity index (χ2n) is 1.66. The Morgan fingerprint density at radius 1 is 1.42 bits per heavy atom. The van der Waals surface area contributed by atoms with E-state index in [1.807, 2.05) is 0 Å². The lowest BCUT2D eigenvalue weighted by Crippen LogP contribution is -1.95. The molecule has 0 saturated heterocycles. The SMILES string of the molecule is Cl.O=S(=O)(O)c1cc(Br)sc1Br. The van der Waals surface area contributed by atoms with Crippen molar-refractivity contribution in [1.29, 1.82) is 0 Å². The van der Waals surface area contributed by atoms with Gasteiger partial charge in [0.05, 0.1) is 7.57 Å². The predicted octanol–water partition coefficient (Wildman–Crippen LogP) is 2.94. The molecular formula is C4H3Br2ClO3S2. The fourth-order valence-corrected chi connectivity index (χ4v) is 4.76. The van der Waals surface area contributed by atoms with Gasteiger partial charge in [0.2, 0.25) is 0 Å². The summed E-state index contributed by atoms with van der Waals surface area (Å²) < 4.78 is 30.8. The molecule has 0 atom stereocenters. The summed E-state index contributed by atoms with van der Waals surface area (Å²) in [6.07, 6.45) is 0. The molecule has 0 saturated carbocycles. The Labute approximate surface area is 96.6 Å². The van der Waals surface area contributed by atoms with E-state index >= 15 is 0 Å². The van der Waals surface area contributed by atoms with Crippen LogP contribution in [0.4, 0.5) is 0 Å². The average molecular weight is 358 g/mol. The van der Waals surface area contributed by atoms with Crippen molar-refractivity contribution >= 4 is 65.7 Å². The molecule has 1 rings (SSSR count). The Hall–Kier alpha value is 0.860. The maximum Gasteiger partial charge on any atom is 0.296 e. The molecule has 0 bridgehead atoms. The van der Waals surface area contributed by atoms with Gasteiger partial charge in [0, 0.05) is 0 Å². The van der Waals surface area contributed by atoms with Gasteiger partial charge in [-0.2, -0.15) is 8.42 Å². The first-order valence-electron chi connectivity index (χ1n) is 2.33. The molecule has 8 heteroatoms. The third-order valence-corrected chi connectivity index (χ3v) is 4.51. The number of hydrogen-bond acceptors (Lipinski definition) is 3. The molecule has 12 heavy (non-hydrogen) atoms. The minimum Gasteiger partial charge on any atom is -0.282 e. The summed E-state index contributed by atoms with van der Waals surface area (Å²) in [7, 11) is -4.08. The molecule has 1 N–H and O–H groups in total. The van der Waals surface area contributed by atoms with Crippen molar-refractivity contribution < 1.29 is 13.0 Å². The molecule has 0 amide bonds. The minimum atomic E-state index is -4.08. The summed E-state index contributed by atoms with van der Waals surface area (Å²) in [4.78, 5) is -0.102. The van der Waals surface area contributed by atoms with Gasteiger partial charge in [-0.15, -0.1) is 23.7 Å². The standard InChI is InChI=1S/C4H2Br2O3S2.ClH/c5-3-1-2(4(6)10-3)11(7,8)9;/h1H,(H,7,8,9);1H. The van der Waals surface area contributed by atoms with E-state index in [1.54, 1.807) is 0 Å². The fraction of sp³-hybridized carbons (Fsp3) is 0. The molecule has 0 aliphatic carbocycles. The molecule has 0 unspecified atom stereocenters. The summed E-state index contributed by atoms with van der Waals surface area (Å²) >= 11 is 7.28. The van der Waals surface area contributed by atoms with Gasteiger partial charge >= 0.3 is 0 Å². The number of halogens is 3. The second kappa shape index (κ2) is 4.39. The van der Waals surface area contributed by atoms with Crippen LogP contribution in [0.15, 0.2) is 18.5 Å². The zero-order valence-corrected chi connectivity index (χ0v) is 10.9. The van der Waals surface area contributed by atoms with E-state index < -0.39 is 10.1 Å². The predicted molar refractivity (Wildman–Crippen MR) is 56.8 cm³/mol.